The fourth-order valence-corrected chi connectivity index (χ4v) is 4.96. The van der Waals surface area contributed by atoms with Crippen molar-refractivity contribution < 1.29 is 18.0 Å². The molecule has 0 radical (unpaired) electrons. The number of aryl methyl sites for hydroxylation is 2. The zero-order valence-corrected chi connectivity index (χ0v) is 18.6. The lowest BCUT2D eigenvalue weighted by molar-refractivity contribution is 0.0567. The van der Waals surface area contributed by atoms with E-state index >= 15 is 0 Å². The summed E-state index contributed by atoms with van der Waals surface area (Å²) in [6, 6.07) is 6.90. The summed E-state index contributed by atoms with van der Waals surface area (Å²) >= 11 is 0. The van der Waals surface area contributed by atoms with Crippen LogP contribution >= 0.6 is 0 Å². The quantitative estimate of drug-likeness (QED) is 0.417. The molecule has 33 heavy (non-hydrogen) atoms. The van der Waals surface area contributed by atoms with E-state index in [9.17, 15) is 18.0 Å². The Morgan fingerprint density at radius 2 is 1.82 bits per heavy atom. The van der Waals surface area contributed by atoms with Crippen LogP contribution in [0.3, 0.4) is 0 Å². The van der Waals surface area contributed by atoms with E-state index in [1.807, 2.05) is 38.2 Å². The van der Waals surface area contributed by atoms with Crippen molar-refractivity contribution in [3.8, 4) is 11.3 Å². The van der Waals surface area contributed by atoms with Crippen molar-refractivity contribution in [2.24, 2.45) is 7.05 Å². The highest BCUT2D eigenvalue weighted by atomic mass is 19.2. The zero-order valence-electron chi connectivity index (χ0n) is 18.6. The number of aromatic nitrogens is 4. The van der Waals surface area contributed by atoms with Gasteiger partial charge in [0, 0.05) is 30.4 Å². The highest BCUT2D eigenvalue weighted by Gasteiger charge is 2.39. The van der Waals surface area contributed by atoms with Crippen molar-refractivity contribution in [1.29, 1.82) is 0 Å². The molecule has 2 unspecified atom stereocenters. The van der Waals surface area contributed by atoms with Crippen LogP contribution in [0.25, 0.3) is 16.9 Å². The molecule has 0 bridgehead atoms. The second-order valence-corrected chi connectivity index (χ2v) is 8.51. The maximum atomic E-state index is 13.9. The van der Waals surface area contributed by atoms with Crippen molar-refractivity contribution >= 4 is 11.6 Å². The molecule has 1 aromatic carbocycles. The topological polar surface area (TPSA) is 55.4 Å². The van der Waals surface area contributed by atoms with E-state index in [2.05, 4.69) is 10.1 Å². The SMILES string of the molecule is Cc1nc2ccccn2c1C(=O)N1C(C)Cc2c(nn(C)c2-c2cc(F)c(F)c(F)c2)C1C. The second kappa shape index (κ2) is 7.47. The third kappa shape index (κ3) is 3.13. The number of carbonyl (C=O) groups is 1. The molecular formula is C24H22F3N5O. The molecular weight excluding hydrogens is 431 g/mol. The largest absolute Gasteiger partial charge is 0.326 e. The predicted molar refractivity (Wildman–Crippen MR) is 116 cm³/mol. The molecule has 4 aromatic rings. The lowest BCUT2D eigenvalue weighted by Crippen LogP contribution is -2.45. The maximum Gasteiger partial charge on any atom is 0.273 e. The van der Waals surface area contributed by atoms with Gasteiger partial charge in [0.2, 0.25) is 0 Å². The molecule has 170 valence electrons. The summed E-state index contributed by atoms with van der Waals surface area (Å²) in [6.45, 7) is 5.62. The molecule has 6 nitrogen and oxygen atoms in total. The minimum atomic E-state index is -1.50. The molecule has 5 rings (SSSR count). The van der Waals surface area contributed by atoms with Crippen LogP contribution in [-0.2, 0) is 13.5 Å². The van der Waals surface area contributed by atoms with E-state index in [0.717, 1.165) is 17.7 Å². The summed E-state index contributed by atoms with van der Waals surface area (Å²) in [6.07, 6.45) is 2.24. The van der Waals surface area contributed by atoms with Crippen molar-refractivity contribution in [3.63, 3.8) is 0 Å². The standard InChI is InChI=1S/C24H22F3N5O/c1-12-9-16-21(29-30(4)23(16)15-10-17(25)20(27)18(26)11-15)14(3)32(12)24(33)22-13(2)28-19-7-5-6-8-31(19)22/h5-8,10-12,14H,9H2,1-4H3. The van der Waals surface area contributed by atoms with Crippen molar-refractivity contribution in [1.82, 2.24) is 24.1 Å². The molecule has 0 saturated heterocycles. The summed E-state index contributed by atoms with van der Waals surface area (Å²) in [7, 11) is 1.67. The van der Waals surface area contributed by atoms with Gasteiger partial charge >= 0.3 is 0 Å². The number of carbonyl (C=O) groups excluding carboxylic acids is 1. The van der Waals surface area contributed by atoms with Crippen LogP contribution < -0.4 is 0 Å². The Hall–Kier alpha value is -3.62. The lowest BCUT2D eigenvalue weighted by Gasteiger charge is -2.38. The summed E-state index contributed by atoms with van der Waals surface area (Å²) in [4.78, 5) is 20.0. The van der Waals surface area contributed by atoms with Crippen LogP contribution in [0.1, 0.15) is 47.3 Å². The highest BCUT2D eigenvalue weighted by Crippen LogP contribution is 2.39. The fraction of sp³-hybridized carbons (Fsp3) is 0.292. The van der Waals surface area contributed by atoms with Gasteiger partial charge in [-0.25, -0.2) is 18.2 Å². The van der Waals surface area contributed by atoms with Gasteiger partial charge in [0.05, 0.1) is 23.1 Å². The second-order valence-electron chi connectivity index (χ2n) is 8.51. The van der Waals surface area contributed by atoms with E-state index < -0.39 is 17.5 Å². The summed E-state index contributed by atoms with van der Waals surface area (Å²) in [5.41, 5.74) is 3.98. The van der Waals surface area contributed by atoms with Crippen LogP contribution in [0.2, 0.25) is 0 Å². The maximum absolute atomic E-state index is 13.9. The molecule has 2 atom stereocenters. The van der Waals surface area contributed by atoms with Crippen LogP contribution in [0.5, 0.6) is 0 Å². The van der Waals surface area contributed by atoms with Crippen LogP contribution in [0, 0.1) is 24.4 Å². The van der Waals surface area contributed by atoms with Gasteiger partial charge in [-0.3, -0.25) is 13.9 Å². The molecule has 1 amide bonds. The molecule has 0 saturated carbocycles. The summed E-state index contributed by atoms with van der Waals surface area (Å²) in [5, 5.41) is 4.59. The number of amides is 1. The number of benzene rings is 1. The van der Waals surface area contributed by atoms with Crippen LogP contribution in [-0.4, -0.2) is 36.0 Å². The Bertz CT molecular complexity index is 1400. The van der Waals surface area contributed by atoms with Crippen LogP contribution in [0.4, 0.5) is 13.2 Å². The van der Waals surface area contributed by atoms with Gasteiger partial charge in [0.25, 0.3) is 5.91 Å². The van der Waals surface area contributed by atoms with Gasteiger partial charge in [-0.1, -0.05) is 6.07 Å². The Balaban J connectivity index is 1.59. The third-order valence-electron chi connectivity index (χ3n) is 6.36. The van der Waals surface area contributed by atoms with Gasteiger partial charge < -0.3 is 4.90 Å². The first kappa shape index (κ1) is 21.2. The van der Waals surface area contributed by atoms with Gasteiger partial charge in [-0.15, -0.1) is 0 Å². The third-order valence-corrected chi connectivity index (χ3v) is 6.36. The first-order chi connectivity index (χ1) is 15.7. The minimum Gasteiger partial charge on any atom is -0.326 e. The smallest absolute Gasteiger partial charge is 0.273 e. The Kier molecular flexibility index (Phi) is 4.81. The molecule has 4 heterocycles. The van der Waals surface area contributed by atoms with E-state index in [1.165, 1.54) is 4.68 Å². The number of imidazole rings is 1. The van der Waals surface area contributed by atoms with Gasteiger partial charge in [-0.2, -0.15) is 5.10 Å². The molecule has 3 aromatic heterocycles. The lowest BCUT2D eigenvalue weighted by atomic mass is 9.91. The number of halogens is 3. The number of hydrogen-bond donors (Lipinski definition) is 0. The van der Waals surface area contributed by atoms with Crippen molar-refractivity contribution in [2.75, 3.05) is 0 Å². The predicted octanol–water partition coefficient (Wildman–Crippen LogP) is 4.61. The van der Waals surface area contributed by atoms with Crippen LogP contribution in [0.15, 0.2) is 36.5 Å². The van der Waals surface area contributed by atoms with E-state index in [4.69, 9.17) is 0 Å². The summed E-state index contributed by atoms with van der Waals surface area (Å²) in [5.74, 6) is -4.17. The van der Waals surface area contributed by atoms with Gasteiger partial charge in [0.15, 0.2) is 17.5 Å². The van der Waals surface area contributed by atoms with Gasteiger partial charge in [-0.05, 0) is 51.5 Å². The fourth-order valence-electron chi connectivity index (χ4n) is 4.96. The molecule has 0 aliphatic carbocycles. The average molecular weight is 453 g/mol. The average Bonchev–Trinajstić information content (AvgIpc) is 3.27. The zero-order chi connectivity index (χ0) is 23.6. The number of pyridine rings is 1. The highest BCUT2D eigenvalue weighted by molar-refractivity contribution is 5.95. The number of fused-ring (bicyclic) bond motifs is 2. The van der Waals surface area contributed by atoms with E-state index in [1.54, 1.807) is 23.3 Å². The van der Waals surface area contributed by atoms with E-state index in [-0.39, 0.29) is 23.6 Å². The molecule has 0 spiro atoms. The normalized spacial score (nSPS) is 18.1. The molecule has 1 aliphatic rings. The monoisotopic (exact) mass is 453 g/mol. The Morgan fingerprint density at radius 3 is 2.52 bits per heavy atom. The van der Waals surface area contributed by atoms with Gasteiger partial charge in [0.1, 0.15) is 11.3 Å². The first-order valence-corrected chi connectivity index (χ1v) is 10.7. The number of rotatable bonds is 2. The van der Waals surface area contributed by atoms with Crippen molar-refractivity contribution in [3.05, 3.63) is 76.6 Å². The Morgan fingerprint density at radius 1 is 1.12 bits per heavy atom. The molecule has 9 heteroatoms. The molecule has 1 aliphatic heterocycles. The number of nitrogens with zero attached hydrogens (tertiary/aromatic N) is 5. The number of hydrogen-bond acceptors (Lipinski definition) is 3. The summed E-state index contributed by atoms with van der Waals surface area (Å²) < 4.78 is 44.7. The van der Waals surface area contributed by atoms with Crippen molar-refractivity contribution in [2.45, 2.75) is 39.3 Å². The minimum absolute atomic E-state index is 0.164. The first-order valence-electron chi connectivity index (χ1n) is 10.7. The molecule has 0 fully saturated rings. The Labute approximate surface area is 188 Å². The van der Waals surface area contributed by atoms with E-state index in [0.29, 0.717) is 34.8 Å². The molecule has 0 N–H and O–H groups in total.